The number of benzene rings is 3. The molecule has 0 aliphatic carbocycles. The predicted octanol–water partition coefficient (Wildman–Crippen LogP) is 11.8. The summed E-state index contributed by atoms with van der Waals surface area (Å²) < 4.78 is 17.8. The number of unbranched alkanes of at least 4 members (excludes halogenated alkanes) is 6. The van der Waals surface area contributed by atoms with Crippen molar-refractivity contribution < 1.29 is 29.5 Å². The first kappa shape index (κ1) is 42.2. The number of hydrogen-bond donors (Lipinski definition) is 3. The standard InChI is InChI=1S/C45H63N3O6/c1-31(2)16-10-7-13-25-52-34-19-22-37(40(49)28-34)43-46-44(38-23-20-35(29-41(38)50)53-26-14-8-11-17-32(3)4)48-45(47-43)39-24-21-36(30-42(39)51)54-27-15-9-12-18-33(5)6/h19-24,28-33,49-51H,7-18,25-27H2,1-6H3. The van der Waals surface area contributed by atoms with Crippen LogP contribution in [0.15, 0.2) is 54.6 Å². The number of rotatable bonds is 24. The van der Waals surface area contributed by atoms with E-state index in [1.165, 1.54) is 38.5 Å². The van der Waals surface area contributed by atoms with E-state index in [0.29, 0.717) is 71.5 Å². The largest absolute Gasteiger partial charge is 0.507 e. The monoisotopic (exact) mass is 741 g/mol. The van der Waals surface area contributed by atoms with Crippen molar-refractivity contribution in [2.45, 2.75) is 119 Å². The van der Waals surface area contributed by atoms with Crippen molar-refractivity contribution >= 4 is 0 Å². The highest BCUT2D eigenvalue weighted by Crippen LogP contribution is 2.38. The molecule has 0 amide bonds. The normalized spacial score (nSPS) is 11.5. The van der Waals surface area contributed by atoms with Gasteiger partial charge in [-0.1, -0.05) is 99.3 Å². The van der Waals surface area contributed by atoms with Gasteiger partial charge in [-0.05, 0) is 73.4 Å². The average molecular weight is 742 g/mol. The summed E-state index contributed by atoms with van der Waals surface area (Å²) in [7, 11) is 0. The van der Waals surface area contributed by atoms with E-state index in [4.69, 9.17) is 29.2 Å². The third kappa shape index (κ3) is 14.0. The molecule has 3 aromatic carbocycles. The fourth-order valence-corrected chi connectivity index (χ4v) is 6.17. The van der Waals surface area contributed by atoms with E-state index in [-0.39, 0.29) is 34.7 Å². The Hall–Kier alpha value is -4.53. The minimum absolute atomic E-state index is 0.0573. The Morgan fingerprint density at radius 1 is 0.407 bits per heavy atom. The topological polar surface area (TPSA) is 127 Å². The van der Waals surface area contributed by atoms with Gasteiger partial charge in [-0.25, -0.2) is 15.0 Å². The zero-order valence-corrected chi connectivity index (χ0v) is 33.4. The molecule has 0 spiro atoms. The smallest absolute Gasteiger partial charge is 0.167 e. The fraction of sp³-hybridized carbons (Fsp3) is 0.533. The molecule has 4 rings (SSSR count). The third-order valence-corrected chi connectivity index (χ3v) is 9.35. The van der Waals surface area contributed by atoms with E-state index >= 15 is 0 Å². The highest BCUT2D eigenvalue weighted by molar-refractivity contribution is 5.74. The van der Waals surface area contributed by atoms with Crippen LogP contribution in [0.1, 0.15) is 119 Å². The van der Waals surface area contributed by atoms with E-state index in [1.807, 2.05) is 0 Å². The number of nitrogens with zero attached hydrogens (tertiary/aromatic N) is 3. The molecule has 1 heterocycles. The molecule has 3 N–H and O–H groups in total. The number of phenolic OH excluding ortho intramolecular Hbond substituents is 3. The zero-order valence-electron chi connectivity index (χ0n) is 33.4. The van der Waals surface area contributed by atoms with Crippen LogP contribution in [-0.2, 0) is 0 Å². The van der Waals surface area contributed by atoms with Crippen molar-refractivity contribution in [1.29, 1.82) is 0 Å². The minimum Gasteiger partial charge on any atom is -0.507 e. The molecule has 1 aromatic heterocycles. The Balaban J connectivity index is 1.56. The lowest BCUT2D eigenvalue weighted by atomic mass is 10.1. The molecule has 4 aromatic rings. The number of phenols is 3. The quantitative estimate of drug-likeness (QED) is 0.0601. The zero-order chi connectivity index (χ0) is 38.9. The first-order valence-corrected chi connectivity index (χ1v) is 20.1. The van der Waals surface area contributed by atoms with E-state index in [1.54, 1.807) is 54.6 Å². The van der Waals surface area contributed by atoms with Crippen molar-refractivity contribution in [1.82, 2.24) is 15.0 Å². The number of ether oxygens (including phenoxy) is 3. The Morgan fingerprint density at radius 2 is 0.685 bits per heavy atom. The molecule has 0 bridgehead atoms. The van der Waals surface area contributed by atoms with Crippen LogP contribution in [-0.4, -0.2) is 50.1 Å². The van der Waals surface area contributed by atoms with Crippen LogP contribution in [0.5, 0.6) is 34.5 Å². The summed E-state index contributed by atoms with van der Waals surface area (Å²) in [6.45, 7) is 15.1. The van der Waals surface area contributed by atoms with Gasteiger partial charge in [-0.15, -0.1) is 0 Å². The van der Waals surface area contributed by atoms with Crippen LogP contribution < -0.4 is 14.2 Å². The van der Waals surface area contributed by atoms with E-state index < -0.39 is 0 Å². The molecule has 9 heteroatoms. The highest BCUT2D eigenvalue weighted by atomic mass is 16.5. The van der Waals surface area contributed by atoms with Gasteiger partial charge in [0.2, 0.25) is 0 Å². The van der Waals surface area contributed by atoms with Crippen molar-refractivity contribution in [3.8, 4) is 68.7 Å². The fourth-order valence-electron chi connectivity index (χ4n) is 6.17. The second kappa shape index (κ2) is 22.0. The first-order valence-electron chi connectivity index (χ1n) is 20.1. The van der Waals surface area contributed by atoms with Gasteiger partial charge in [-0.2, -0.15) is 0 Å². The van der Waals surface area contributed by atoms with E-state index in [2.05, 4.69) is 41.5 Å². The summed E-state index contributed by atoms with van der Waals surface area (Å²) in [6, 6.07) is 15.2. The molecule has 0 atom stereocenters. The molecule has 9 nitrogen and oxygen atoms in total. The van der Waals surface area contributed by atoms with Crippen LogP contribution in [0.25, 0.3) is 34.2 Å². The van der Waals surface area contributed by atoms with Gasteiger partial charge in [-0.3, -0.25) is 0 Å². The van der Waals surface area contributed by atoms with Gasteiger partial charge in [0, 0.05) is 18.2 Å². The second-order valence-electron chi connectivity index (χ2n) is 15.6. The molecular formula is C45H63N3O6. The second-order valence-corrected chi connectivity index (χ2v) is 15.6. The first-order chi connectivity index (χ1) is 26.0. The summed E-state index contributed by atoms with van der Waals surface area (Å²) in [4.78, 5) is 14.1. The van der Waals surface area contributed by atoms with Gasteiger partial charge in [0.25, 0.3) is 0 Å². The molecule has 54 heavy (non-hydrogen) atoms. The minimum atomic E-state index is -0.0573. The molecule has 0 radical (unpaired) electrons. The highest BCUT2D eigenvalue weighted by Gasteiger charge is 2.19. The van der Waals surface area contributed by atoms with Crippen molar-refractivity contribution in [2.24, 2.45) is 17.8 Å². The maximum atomic E-state index is 11.2. The van der Waals surface area contributed by atoms with Crippen LogP contribution in [0.4, 0.5) is 0 Å². The molecule has 0 saturated heterocycles. The van der Waals surface area contributed by atoms with Crippen molar-refractivity contribution in [3.63, 3.8) is 0 Å². The summed E-state index contributed by atoms with van der Waals surface area (Å²) >= 11 is 0. The molecule has 0 unspecified atom stereocenters. The van der Waals surface area contributed by atoms with Crippen LogP contribution in [0, 0.1) is 17.8 Å². The Labute approximate surface area is 323 Å². The molecule has 0 aliphatic rings. The molecule has 294 valence electrons. The number of aromatic hydroxyl groups is 3. The van der Waals surface area contributed by atoms with Crippen LogP contribution in [0.3, 0.4) is 0 Å². The summed E-state index contributed by atoms with van der Waals surface area (Å²) in [6.07, 6.45) is 13.2. The lowest BCUT2D eigenvalue weighted by Gasteiger charge is -2.13. The molecule has 0 saturated carbocycles. The van der Waals surface area contributed by atoms with E-state index in [9.17, 15) is 15.3 Å². The Morgan fingerprint density at radius 3 is 0.926 bits per heavy atom. The van der Waals surface area contributed by atoms with Gasteiger partial charge < -0.3 is 29.5 Å². The van der Waals surface area contributed by atoms with Gasteiger partial charge in [0.15, 0.2) is 17.5 Å². The molecule has 0 fully saturated rings. The SMILES string of the molecule is CC(C)CCCCCOc1ccc(-c2nc(-c3ccc(OCCCCCC(C)C)cc3O)nc(-c3ccc(OCCCCCC(C)C)cc3O)n2)c(O)c1. The average Bonchev–Trinajstić information content (AvgIpc) is 3.12. The lowest BCUT2D eigenvalue weighted by Crippen LogP contribution is -2.02. The number of hydrogen-bond acceptors (Lipinski definition) is 9. The maximum absolute atomic E-state index is 11.2. The lowest BCUT2D eigenvalue weighted by molar-refractivity contribution is 0.301. The Bertz CT molecular complexity index is 1510. The third-order valence-electron chi connectivity index (χ3n) is 9.35. The van der Waals surface area contributed by atoms with Crippen LogP contribution in [0.2, 0.25) is 0 Å². The predicted molar refractivity (Wildman–Crippen MR) is 218 cm³/mol. The van der Waals surface area contributed by atoms with E-state index in [0.717, 1.165) is 38.5 Å². The van der Waals surface area contributed by atoms with Crippen molar-refractivity contribution in [3.05, 3.63) is 54.6 Å². The van der Waals surface area contributed by atoms with Gasteiger partial charge >= 0.3 is 0 Å². The van der Waals surface area contributed by atoms with Crippen LogP contribution >= 0.6 is 0 Å². The summed E-state index contributed by atoms with van der Waals surface area (Å²) in [5, 5.41) is 33.5. The van der Waals surface area contributed by atoms with Crippen molar-refractivity contribution in [2.75, 3.05) is 19.8 Å². The van der Waals surface area contributed by atoms with Gasteiger partial charge in [0.1, 0.15) is 34.5 Å². The Kier molecular flexibility index (Phi) is 17.2. The molecule has 0 aliphatic heterocycles. The summed E-state index contributed by atoms with van der Waals surface area (Å²) in [5.74, 6) is 4.09. The molecular weight excluding hydrogens is 679 g/mol. The van der Waals surface area contributed by atoms with Gasteiger partial charge in [0.05, 0.1) is 36.5 Å². The maximum Gasteiger partial charge on any atom is 0.167 e. The number of aromatic nitrogens is 3. The summed E-state index contributed by atoms with van der Waals surface area (Å²) in [5.41, 5.74) is 1.08.